The van der Waals surface area contributed by atoms with Gasteiger partial charge in [0.2, 0.25) is 0 Å². The molecule has 74 valence electrons. The predicted octanol–water partition coefficient (Wildman–Crippen LogP) is 1.59. The maximum atomic E-state index is 9.05. The highest BCUT2D eigenvalue weighted by Gasteiger charge is 2.18. The molecule has 0 amide bonds. The molecule has 0 heterocycles. The van der Waals surface area contributed by atoms with Gasteiger partial charge in [0.05, 0.1) is 0 Å². The molecule has 0 aliphatic rings. The first-order valence-electron chi connectivity index (χ1n) is 4.67. The minimum atomic E-state index is 0.0314. The highest BCUT2D eigenvalue weighted by Crippen LogP contribution is 2.15. The van der Waals surface area contributed by atoms with E-state index in [0.29, 0.717) is 5.92 Å². The van der Waals surface area contributed by atoms with E-state index < -0.39 is 0 Å². The number of rotatable bonds is 5. The van der Waals surface area contributed by atoms with E-state index in [-0.39, 0.29) is 12.0 Å². The second-order valence-corrected chi connectivity index (χ2v) is 4.91. The lowest BCUT2D eigenvalue weighted by atomic mass is 9.94. The van der Waals surface area contributed by atoms with Gasteiger partial charge in [-0.05, 0) is 13.0 Å². The van der Waals surface area contributed by atoms with Gasteiger partial charge in [-0.3, -0.25) is 0 Å². The Balaban J connectivity index is 3.75. The zero-order valence-corrected chi connectivity index (χ0v) is 9.09. The predicted molar refractivity (Wildman–Crippen MR) is 53.2 cm³/mol. The van der Waals surface area contributed by atoms with E-state index >= 15 is 0 Å². The Kier molecular flexibility index (Phi) is 4.80. The van der Waals surface area contributed by atoms with Crippen LogP contribution in [-0.4, -0.2) is 36.8 Å². The Hall–Kier alpha value is -0.0800. The Morgan fingerprint density at radius 2 is 1.83 bits per heavy atom. The van der Waals surface area contributed by atoms with Crippen molar-refractivity contribution >= 4 is 0 Å². The van der Waals surface area contributed by atoms with Crippen molar-refractivity contribution in [3.63, 3.8) is 0 Å². The molecule has 0 atom stereocenters. The zero-order chi connectivity index (χ0) is 9.78. The summed E-state index contributed by atoms with van der Waals surface area (Å²) in [5, 5.41) is 9.05. The Bertz CT molecular complexity index is 121. The SMILES string of the molecule is CC(C)CN(C)CC(C)(C)CO. The third-order valence-corrected chi connectivity index (χ3v) is 1.80. The molecule has 2 heteroatoms. The van der Waals surface area contributed by atoms with Crippen LogP contribution in [0.15, 0.2) is 0 Å². The zero-order valence-electron chi connectivity index (χ0n) is 9.09. The van der Waals surface area contributed by atoms with Crippen molar-refractivity contribution in [2.24, 2.45) is 11.3 Å². The largest absolute Gasteiger partial charge is 0.396 e. The maximum Gasteiger partial charge on any atom is 0.0494 e. The Labute approximate surface area is 76.6 Å². The molecule has 0 radical (unpaired) electrons. The van der Waals surface area contributed by atoms with Gasteiger partial charge in [-0.1, -0.05) is 27.7 Å². The van der Waals surface area contributed by atoms with Crippen LogP contribution < -0.4 is 0 Å². The standard InChI is InChI=1S/C10H23NO/c1-9(2)6-11(5)7-10(3,4)8-12/h9,12H,6-8H2,1-5H3. The number of aliphatic hydroxyl groups excluding tert-OH is 1. The molecule has 12 heavy (non-hydrogen) atoms. The molecule has 2 nitrogen and oxygen atoms in total. The van der Waals surface area contributed by atoms with Gasteiger partial charge in [-0.2, -0.15) is 0 Å². The van der Waals surface area contributed by atoms with Crippen LogP contribution in [0.2, 0.25) is 0 Å². The molecule has 0 aliphatic carbocycles. The molecule has 0 aromatic heterocycles. The molecule has 0 saturated heterocycles. The molecule has 0 saturated carbocycles. The van der Waals surface area contributed by atoms with Crippen LogP contribution in [-0.2, 0) is 0 Å². The van der Waals surface area contributed by atoms with Gasteiger partial charge in [0.15, 0.2) is 0 Å². The Morgan fingerprint density at radius 3 is 2.17 bits per heavy atom. The number of hydrogen-bond donors (Lipinski definition) is 1. The van der Waals surface area contributed by atoms with Crippen molar-refractivity contribution < 1.29 is 5.11 Å². The van der Waals surface area contributed by atoms with Gasteiger partial charge >= 0.3 is 0 Å². The smallest absolute Gasteiger partial charge is 0.0494 e. The third kappa shape index (κ3) is 5.56. The van der Waals surface area contributed by atoms with Crippen molar-refractivity contribution in [1.82, 2.24) is 4.90 Å². The highest BCUT2D eigenvalue weighted by molar-refractivity contribution is 4.71. The van der Waals surface area contributed by atoms with E-state index in [2.05, 4.69) is 39.6 Å². The second-order valence-electron chi connectivity index (χ2n) is 4.91. The number of hydrogen-bond acceptors (Lipinski definition) is 2. The maximum absolute atomic E-state index is 9.05. The van der Waals surface area contributed by atoms with E-state index in [1.807, 2.05) is 0 Å². The van der Waals surface area contributed by atoms with Gasteiger partial charge in [0.1, 0.15) is 0 Å². The lowest BCUT2D eigenvalue weighted by Gasteiger charge is -2.29. The van der Waals surface area contributed by atoms with E-state index in [4.69, 9.17) is 5.11 Å². The summed E-state index contributed by atoms with van der Waals surface area (Å²) < 4.78 is 0. The molecule has 0 unspecified atom stereocenters. The fraction of sp³-hybridized carbons (Fsp3) is 1.00. The summed E-state index contributed by atoms with van der Waals surface area (Å²) in [6.07, 6.45) is 0. The average Bonchev–Trinajstić information content (AvgIpc) is 1.84. The van der Waals surface area contributed by atoms with Crippen LogP contribution in [0.1, 0.15) is 27.7 Å². The fourth-order valence-electron chi connectivity index (χ4n) is 1.47. The first-order chi connectivity index (χ1) is 5.37. The van der Waals surface area contributed by atoms with Crippen LogP contribution >= 0.6 is 0 Å². The van der Waals surface area contributed by atoms with Gasteiger partial charge < -0.3 is 10.0 Å². The molecular formula is C10H23NO. The fourth-order valence-corrected chi connectivity index (χ4v) is 1.47. The van der Waals surface area contributed by atoms with Gasteiger partial charge in [0, 0.05) is 25.1 Å². The van der Waals surface area contributed by atoms with Crippen LogP contribution in [0, 0.1) is 11.3 Å². The van der Waals surface area contributed by atoms with E-state index in [0.717, 1.165) is 13.1 Å². The normalized spacial score (nSPS) is 13.0. The van der Waals surface area contributed by atoms with Gasteiger partial charge in [-0.15, -0.1) is 0 Å². The molecule has 0 fully saturated rings. The average molecular weight is 173 g/mol. The molecule has 0 aliphatic heterocycles. The quantitative estimate of drug-likeness (QED) is 0.682. The molecular weight excluding hydrogens is 150 g/mol. The minimum absolute atomic E-state index is 0.0314. The number of nitrogens with zero attached hydrogens (tertiary/aromatic N) is 1. The lowest BCUT2D eigenvalue weighted by molar-refractivity contribution is 0.110. The summed E-state index contributed by atoms with van der Waals surface area (Å²) in [4.78, 5) is 2.28. The van der Waals surface area contributed by atoms with Gasteiger partial charge in [0.25, 0.3) is 0 Å². The summed E-state index contributed by atoms with van der Waals surface area (Å²) in [5.74, 6) is 0.699. The molecule has 0 bridgehead atoms. The summed E-state index contributed by atoms with van der Waals surface area (Å²) in [7, 11) is 2.11. The molecule has 0 aromatic rings. The first-order valence-corrected chi connectivity index (χ1v) is 4.67. The lowest BCUT2D eigenvalue weighted by Crippen LogP contribution is -2.35. The van der Waals surface area contributed by atoms with Crippen molar-refractivity contribution in [2.75, 3.05) is 26.7 Å². The van der Waals surface area contributed by atoms with Crippen molar-refractivity contribution in [3.8, 4) is 0 Å². The van der Waals surface area contributed by atoms with E-state index in [9.17, 15) is 0 Å². The first kappa shape index (κ1) is 11.9. The molecule has 0 spiro atoms. The van der Waals surface area contributed by atoms with E-state index in [1.165, 1.54) is 0 Å². The van der Waals surface area contributed by atoms with Crippen molar-refractivity contribution in [2.45, 2.75) is 27.7 Å². The summed E-state index contributed by atoms with van der Waals surface area (Å²) in [5.41, 5.74) is 0.0314. The van der Waals surface area contributed by atoms with Crippen LogP contribution in [0.5, 0.6) is 0 Å². The van der Waals surface area contributed by atoms with Crippen LogP contribution in [0.4, 0.5) is 0 Å². The van der Waals surface area contributed by atoms with Crippen molar-refractivity contribution in [1.29, 1.82) is 0 Å². The van der Waals surface area contributed by atoms with Crippen LogP contribution in [0.3, 0.4) is 0 Å². The topological polar surface area (TPSA) is 23.5 Å². The van der Waals surface area contributed by atoms with Crippen LogP contribution in [0.25, 0.3) is 0 Å². The minimum Gasteiger partial charge on any atom is -0.396 e. The Morgan fingerprint density at radius 1 is 1.33 bits per heavy atom. The molecule has 0 aromatic carbocycles. The summed E-state index contributed by atoms with van der Waals surface area (Å²) in [6.45, 7) is 10.9. The second kappa shape index (κ2) is 4.83. The molecule has 0 rings (SSSR count). The monoisotopic (exact) mass is 173 g/mol. The van der Waals surface area contributed by atoms with Gasteiger partial charge in [-0.25, -0.2) is 0 Å². The van der Waals surface area contributed by atoms with E-state index in [1.54, 1.807) is 0 Å². The highest BCUT2D eigenvalue weighted by atomic mass is 16.3. The summed E-state index contributed by atoms with van der Waals surface area (Å²) >= 11 is 0. The van der Waals surface area contributed by atoms with Crippen molar-refractivity contribution in [3.05, 3.63) is 0 Å². The molecule has 1 N–H and O–H groups in total. The number of aliphatic hydroxyl groups is 1. The summed E-state index contributed by atoms with van der Waals surface area (Å²) in [6, 6.07) is 0. The third-order valence-electron chi connectivity index (χ3n) is 1.80.